The molecule has 0 radical (unpaired) electrons. The van der Waals surface area contributed by atoms with Crippen LogP contribution in [0.1, 0.15) is 36.8 Å². The number of hydrogen-bond acceptors (Lipinski definition) is 2. The van der Waals surface area contributed by atoms with Gasteiger partial charge in [-0.2, -0.15) is 0 Å². The van der Waals surface area contributed by atoms with E-state index in [4.69, 9.17) is 11.6 Å². The van der Waals surface area contributed by atoms with Crippen molar-refractivity contribution in [2.75, 3.05) is 13.1 Å². The normalized spacial score (nSPS) is 16.2. The van der Waals surface area contributed by atoms with Gasteiger partial charge in [-0.05, 0) is 28.5 Å². The van der Waals surface area contributed by atoms with Crippen molar-refractivity contribution in [2.24, 2.45) is 0 Å². The van der Waals surface area contributed by atoms with Gasteiger partial charge in [-0.1, -0.05) is 37.6 Å². The Morgan fingerprint density at radius 1 is 1.28 bits per heavy atom. The lowest BCUT2D eigenvalue weighted by molar-refractivity contribution is 0.450. The van der Waals surface area contributed by atoms with Crippen LogP contribution in [0.15, 0.2) is 24.4 Å². The Hall–Kier alpha value is -1.12. The Labute approximate surface area is 112 Å². The van der Waals surface area contributed by atoms with E-state index in [1.807, 2.05) is 12.3 Å². The molecule has 1 aliphatic rings. The van der Waals surface area contributed by atoms with Crippen LogP contribution in [0.3, 0.4) is 0 Å². The van der Waals surface area contributed by atoms with Crippen molar-refractivity contribution in [3.8, 4) is 0 Å². The summed E-state index contributed by atoms with van der Waals surface area (Å²) >= 11 is 6.05. The zero-order valence-corrected chi connectivity index (χ0v) is 11.5. The maximum atomic E-state index is 6.05. The predicted molar refractivity (Wildman–Crippen MR) is 76.5 cm³/mol. The minimum Gasteiger partial charge on any atom is -0.315 e. The molecular formula is C15H17ClN2. The molecule has 2 aromatic rings. The molecule has 2 heterocycles. The third-order valence-electron chi connectivity index (χ3n) is 3.78. The van der Waals surface area contributed by atoms with Gasteiger partial charge in [0.05, 0.1) is 0 Å². The van der Waals surface area contributed by atoms with Gasteiger partial charge >= 0.3 is 0 Å². The molecule has 18 heavy (non-hydrogen) atoms. The van der Waals surface area contributed by atoms with Crippen molar-refractivity contribution >= 4 is 22.4 Å². The fraction of sp³-hybridized carbons (Fsp3) is 0.400. The molecule has 0 unspecified atom stereocenters. The maximum Gasteiger partial charge on any atom is 0.129 e. The molecule has 1 aromatic heterocycles. The summed E-state index contributed by atoms with van der Waals surface area (Å²) in [6, 6.07) is 6.51. The predicted octanol–water partition coefficient (Wildman–Crippen LogP) is 3.70. The molecule has 0 atom stereocenters. The topological polar surface area (TPSA) is 24.9 Å². The van der Waals surface area contributed by atoms with Gasteiger partial charge in [0.2, 0.25) is 0 Å². The van der Waals surface area contributed by atoms with E-state index in [9.17, 15) is 0 Å². The Morgan fingerprint density at radius 2 is 2.06 bits per heavy atom. The molecule has 3 rings (SSSR count). The first kappa shape index (κ1) is 11.9. The number of pyridine rings is 1. The second kappa shape index (κ2) is 4.52. The molecule has 1 N–H and O–H groups in total. The molecule has 2 nitrogen and oxygen atoms in total. The molecule has 1 aromatic carbocycles. The van der Waals surface area contributed by atoms with Gasteiger partial charge in [0.15, 0.2) is 0 Å². The van der Waals surface area contributed by atoms with Crippen molar-refractivity contribution in [3.05, 3.63) is 40.7 Å². The van der Waals surface area contributed by atoms with E-state index < -0.39 is 0 Å². The van der Waals surface area contributed by atoms with Crippen LogP contribution in [0.4, 0.5) is 0 Å². The number of nitrogens with one attached hydrogen (secondary N) is 1. The van der Waals surface area contributed by atoms with Crippen molar-refractivity contribution in [3.63, 3.8) is 0 Å². The first-order chi connectivity index (χ1) is 8.66. The number of fused-ring (bicyclic) bond motifs is 1. The highest BCUT2D eigenvalue weighted by molar-refractivity contribution is 6.30. The fourth-order valence-electron chi connectivity index (χ4n) is 2.63. The van der Waals surface area contributed by atoms with Crippen LogP contribution in [0.25, 0.3) is 10.8 Å². The highest BCUT2D eigenvalue weighted by atomic mass is 35.5. The standard InChI is InChI=1S/C15H17ClN2/c1-9(2)11-3-4-12(10-6-17-7-10)14-8-18-15(16)5-13(11)14/h3-5,8-10,17H,6-7H2,1-2H3. The van der Waals surface area contributed by atoms with E-state index in [0.29, 0.717) is 17.0 Å². The molecule has 94 valence electrons. The minimum absolute atomic E-state index is 0.500. The number of rotatable bonds is 2. The van der Waals surface area contributed by atoms with Gasteiger partial charge in [0.25, 0.3) is 0 Å². The smallest absolute Gasteiger partial charge is 0.129 e. The summed E-state index contributed by atoms with van der Waals surface area (Å²) in [5.74, 6) is 1.12. The lowest BCUT2D eigenvalue weighted by Crippen LogP contribution is -2.39. The van der Waals surface area contributed by atoms with Crippen LogP contribution < -0.4 is 5.32 Å². The van der Waals surface area contributed by atoms with Crippen LogP contribution in [0.2, 0.25) is 5.15 Å². The molecule has 0 spiro atoms. The first-order valence-corrected chi connectivity index (χ1v) is 6.83. The van der Waals surface area contributed by atoms with Gasteiger partial charge in [0, 0.05) is 30.6 Å². The molecule has 0 aliphatic carbocycles. The molecule has 0 saturated carbocycles. The first-order valence-electron chi connectivity index (χ1n) is 6.45. The van der Waals surface area contributed by atoms with E-state index in [1.165, 1.54) is 21.9 Å². The van der Waals surface area contributed by atoms with E-state index in [1.54, 1.807) is 0 Å². The zero-order chi connectivity index (χ0) is 12.7. The van der Waals surface area contributed by atoms with Gasteiger partial charge in [0.1, 0.15) is 5.15 Å². The second-order valence-electron chi connectivity index (χ2n) is 5.31. The van der Waals surface area contributed by atoms with Gasteiger partial charge < -0.3 is 5.32 Å². The molecule has 1 saturated heterocycles. The van der Waals surface area contributed by atoms with E-state index in [2.05, 4.69) is 36.3 Å². The SMILES string of the molecule is CC(C)c1ccc(C2CNC2)c2cnc(Cl)cc12. The molecule has 1 aliphatic heterocycles. The number of aromatic nitrogens is 1. The van der Waals surface area contributed by atoms with E-state index in [-0.39, 0.29) is 0 Å². The molecule has 1 fully saturated rings. The zero-order valence-electron chi connectivity index (χ0n) is 10.7. The van der Waals surface area contributed by atoms with Crippen LogP contribution >= 0.6 is 11.6 Å². The second-order valence-corrected chi connectivity index (χ2v) is 5.69. The lowest BCUT2D eigenvalue weighted by atomic mass is 9.86. The summed E-state index contributed by atoms with van der Waals surface area (Å²) in [4.78, 5) is 4.25. The molecule has 3 heteroatoms. The average Bonchev–Trinajstić information content (AvgIpc) is 2.26. The van der Waals surface area contributed by atoms with Crippen LogP contribution in [-0.2, 0) is 0 Å². The van der Waals surface area contributed by atoms with Crippen molar-refractivity contribution in [1.82, 2.24) is 10.3 Å². The summed E-state index contributed by atoms with van der Waals surface area (Å²) in [6.07, 6.45) is 1.93. The average molecular weight is 261 g/mol. The van der Waals surface area contributed by atoms with Crippen molar-refractivity contribution in [1.29, 1.82) is 0 Å². The Balaban J connectivity index is 2.25. The van der Waals surface area contributed by atoms with Crippen molar-refractivity contribution < 1.29 is 0 Å². The number of benzene rings is 1. The van der Waals surface area contributed by atoms with Gasteiger partial charge in [-0.3, -0.25) is 0 Å². The summed E-state index contributed by atoms with van der Waals surface area (Å²) in [7, 11) is 0. The third kappa shape index (κ3) is 1.90. The molecule has 0 bridgehead atoms. The van der Waals surface area contributed by atoms with Crippen LogP contribution in [0, 0.1) is 0 Å². The quantitative estimate of drug-likeness (QED) is 0.833. The highest BCUT2D eigenvalue weighted by Crippen LogP contribution is 2.33. The Morgan fingerprint density at radius 3 is 2.67 bits per heavy atom. The number of halogens is 1. The van der Waals surface area contributed by atoms with Gasteiger partial charge in [-0.25, -0.2) is 4.98 Å². The number of hydrogen-bond donors (Lipinski definition) is 1. The van der Waals surface area contributed by atoms with Crippen molar-refractivity contribution in [2.45, 2.75) is 25.7 Å². The minimum atomic E-state index is 0.500. The fourth-order valence-corrected chi connectivity index (χ4v) is 2.78. The Kier molecular flexibility index (Phi) is 3.00. The Bertz CT molecular complexity index is 588. The lowest BCUT2D eigenvalue weighted by Gasteiger charge is -2.29. The highest BCUT2D eigenvalue weighted by Gasteiger charge is 2.22. The van der Waals surface area contributed by atoms with Gasteiger partial charge in [-0.15, -0.1) is 0 Å². The summed E-state index contributed by atoms with van der Waals surface area (Å²) < 4.78 is 0. The maximum absolute atomic E-state index is 6.05. The molecular weight excluding hydrogens is 244 g/mol. The number of nitrogens with zero attached hydrogens (tertiary/aromatic N) is 1. The van der Waals surface area contributed by atoms with E-state index in [0.717, 1.165) is 13.1 Å². The largest absolute Gasteiger partial charge is 0.315 e. The summed E-state index contributed by atoms with van der Waals surface area (Å²) in [5.41, 5.74) is 2.75. The molecule has 0 amide bonds. The summed E-state index contributed by atoms with van der Waals surface area (Å²) in [6.45, 7) is 6.57. The van der Waals surface area contributed by atoms with E-state index >= 15 is 0 Å². The monoisotopic (exact) mass is 260 g/mol. The van der Waals surface area contributed by atoms with Crippen LogP contribution in [-0.4, -0.2) is 18.1 Å². The third-order valence-corrected chi connectivity index (χ3v) is 3.99. The summed E-state index contributed by atoms with van der Waals surface area (Å²) in [5, 5.41) is 6.42. The van der Waals surface area contributed by atoms with Crippen LogP contribution in [0.5, 0.6) is 0 Å².